The van der Waals surface area contributed by atoms with Gasteiger partial charge in [-0.05, 0) is 37.6 Å². The van der Waals surface area contributed by atoms with Crippen LogP contribution in [0.4, 0.5) is 9.52 Å². The first kappa shape index (κ1) is 20.7. The van der Waals surface area contributed by atoms with E-state index in [1.54, 1.807) is 25.3 Å². The van der Waals surface area contributed by atoms with Crippen molar-refractivity contribution in [3.63, 3.8) is 0 Å². The Morgan fingerprint density at radius 1 is 1.35 bits per heavy atom. The van der Waals surface area contributed by atoms with E-state index in [4.69, 9.17) is 4.74 Å². The molecule has 1 amide bonds. The summed E-state index contributed by atoms with van der Waals surface area (Å²) in [6, 6.07) is 6.58. The van der Waals surface area contributed by atoms with E-state index >= 15 is 0 Å². The second-order valence-corrected chi connectivity index (χ2v) is 7.25. The minimum atomic E-state index is -0.544. The SMILES string of the molecule is COCC1(C(=O)Nc2nnc(Cc3ccccc3F)s2)CCNCC1.Cl. The number of amides is 1. The fourth-order valence-corrected chi connectivity index (χ4v) is 3.79. The quantitative estimate of drug-likeness (QED) is 0.779. The van der Waals surface area contributed by atoms with Crippen LogP contribution >= 0.6 is 23.7 Å². The zero-order valence-corrected chi connectivity index (χ0v) is 16.1. The van der Waals surface area contributed by atoms with Gasteiger partial charge >= 0.3 is 0 Å². The van der Waals surface area contributed by atoms with E-state index in [-0.39, 0.29) is 24.1 Å². The maximum absolute atomic E-state index is 13.7. The predicted octanol–water partition coefficient (Wildman–Crippen LogP) is 2.64. The molecule has 1 aliphatic heterocycles. The molecule has 142 valence electrons. The van der Waals surface area contributed by atoms with Gasteiger partial charge in [-0.1, -0.05) is 29.5 Å². The number of carbonyl (C=O) groups is 1. The normalized spacial score (nSPS) is 15.9. The van der Waals surface area contributed by atoms with Gasteiger partial charge in [0, 0.05) is 13.5 Å². The summed E-state index contributed by atoms with van der Waals surface area (Å²) in [7, 11) is 1.61. The lowest BCUT2D eigenvalue weighted by atomic mass is 9.79. The minimum Gasteiger partial charge on any atom is -0.384 e. The summed E-state index contributed by atoms with van der Waals surface area (Å²) >= 11 is 1.27. The van der Waals surface area contributed by atoms with E-state index in [0.717, 1.165) is 13.1 Å². The van der Waals surface area contributed by atoms with E-state index in [1.165, 1.54) is 17.4 Å². The summed E-state index contributed by atoms with van der Waals surface area (Å²) in [5.41, 5.74) is 0.0166. The summed E-state index contributed by atoms with van der Waals surface area (Å²) in [6.45, 7) is 1.94. The van der Waals surface area contributed by atoms with Crippen molar-refractivity contribution < 1.29 is 13.9 Å². The third-order valence-corrected chi connectivity index (χ3v) is 5.29. The highest BCUT2D eigenvalue weighted by atomic mass is 35.5. The zero-order valence-electron chi connectivity index (χ0n) is 14.5. The molecule has 2 aromatic rings. The number of aromatic nitrogens is 2. The molecule has 1 aromatic carbocycles. The highest BCUT2D eigenvalue weighted by Crippen LogP contribution is 2.31. The Morgan fingerprint density at radius 2 is 2.08 bits per heavy atom. The Labute approximate surface area is 162 Å². The van der Waals surface area contributed by atoms with Gasteiger partial charge in [-0.25, -0.2) is 4.39 Å². The number of nitrogens with zero attached hydrogens (tertiary/aromatic N) is 2. The minimum absolute atomic E-state index is 0. The van der Waals surface area contributed by atoms with E-state index < -0.39 is 5.41 Å². The molecule has 0 bridgehead atoms. The van der Waals surface area contributed by atoms with E-state index in [1.807, 2.05) is 0 Å². The van der Waals surface area contributed by atoms with Crippen LogP contribution in [0.15, 0.2) is 24.3 Å². The average molecular weight is 401 g/mol. The van der Waals surface area contributed by atoms with Crippen molar-refractivity contribution in [1.29, 1.82) is 0 Å². The summed E-state index contributed by atoms with van der Waals surface area (Å²) in [6.07, 6.45) is 1.79. The van der Waals surface area contributed by atoms with Crippen molar-refractivity contribution in [1.82, 2.24) is 15.5 Å². The number of carbonyl (C=O) groups excluding carboxylic acids is 1. The molecular formula is C17H22ClFN4O2S. The molecule has 2 N–H and O–H groups in total. The first-order chi connectivity index (χ1) is 12.1. The topological polar surface area (TPSA) is 76.1 Å². The molecule has 0 spiro atoms. The van der Waals surface area contributed by atoms with Crippen LogP contribution in [0.25, 0.3) is 0 Å². The number of benzene rings is 1. The highest BCUT2D eigenvalue weighted by Gasteiger charge is 2.40. The van der Waals surface area contributed by atoms with Crippen LogP contribution in [0.1, 0.15) is 23.4 Å². The second-order valence-electron chi connectivity index (χ2n) is 6.19. The van der Waals surface area contributed by atoms with Crippen LogP contribution in [-0.2, 0) is 16.0 Å². The molecule has 26 heavy (non-hydrogen) atoms. The van der Waals surface area contributed by atoms with Gasteiger partial charge in [-0.15, -0.1) is 22.6 Å². The third kappa shape index (κ3) is 4.76. The van der Waals surface area contributed by atoms with E-state index in [2.05, 4.69) is 20.8 Å². The van der Waals surface area contributed by atoms with Crippen LogP contribution in [0.2, 0.25) is 0 Å². The summed E-state index contributed by atoms with van der Waals surface area (Å²) in [4.78, 5) is 12.8. The van der Waals surface area contributed by atoms with Crippen molar-refractivity contribution in [3.8, 4) is 0 Å². The Balaban J connectivity index is 0.00000243. The molecular weight excluding hydrogens is 379 g/mol. The van der Waals surface area contributed by atoms with Crippen molar-refractivity contribution >= 4 is 34.8 Å². The lowest BCUT2D eigenvalue weighted by Gasteiger charge is -2.35. The summed E-state index contributed by atoms with van der Waals surface area (Å²) in [5.74, 6) is -0.360. The summed E-state index contributed by atoms with van der Waals surface area (Å²) in [5, 5.41) is 15.3. The van der Waals surface area contributed by atoms with Gasteiger partial charge in [-0.2, -0.15) is 0 Å². The van der Waals surface area contributed by atoms with Crippen LogP contribution in [0.3, 0.4) is 0 Å². The Bertz CT molecular complexity index is 732. The van der Waals surface area contributed by atoms with Gasteiger partial charge in [0.1, 0.15) is 10.8 Å². The Hall–Kier alpha value is -1.61. The molecule has 6 nitrogen and oxygen atoms in total. The molecule has 1 aliphatic rings. The lowest BCUT2D eigenvalue weighted by Crippen LogP contribution is -2.47. The second kappa shape index (κ2) is 9.36. The maximum atomic E-state index is 13.7. The van der Waals surface area contributed by atoms with Crippen LogP contribution in [0, 0.1) is 11.2 Å². The largest absolute Gasteiger partial charge is 0.384 e. The first-order valence-electron chi connectivity index (χ1n) is 8.20. The molecule has 0 radical (unpaired) electrons. The number of methoxy groups -OCH3 is 1. The van der Waals surface area contributed by atoms with Crippen molar-refractivity contribution in [3.05, 3.63) is 40.7 Å². The van der Waals surface area contributed by atoms with Gasteiger partial charge in [0.15, 0.2) is 0 Å². The number of hydrogen-bond donors (Lipinski definition) is 2. The molecule has 2 heterocycles. The number of hydrogen-bond acceptors (Lipinski definition) is 6. The van der Waals surface area contributed by atoms with Crippen LogP contribution in [0.5, 0.6) is 0 Å². The maximum Gasteiger partial charge on any atom is 0.234 e. The number of nitrogens with one attached hydrogen (secondary N) is 2. The molecule has 3 rings (SSSR count). The predicted molar refractivity (Wildman–Crippen MR) is 101 cm³/mol. The molecule has 1 saturated heterocycles. The third-order valence-electron chi connectivity index (χ3n) is 4.45. The first-order valence-corrected chi connectivity index (χ1v) is 9.01. The number of anilines is 1. The average Bonchev–Trinajstić information content (AvgIpc) is 3.05. The molecule has 0 saturated carbocycles. The molecule has 0 atom stereocenters. The molecule has 1 aromatic heterocycles. The van der Waals surface area contributed by atoms with Gasteiger partial charge in [0.2, 0.25) is 11.0 Å². The number of ether oxygens (including phenoxy) is 1. The summed E-state index contributed by atoms with van der Waals surface area (Å²) < 4.78 is 19.0. The van der Waals surface area contributed by atoms with Gasteiger partial charge in [-0.3, -0.25) is 10.1 Å². The van der Waals surface area contributed by atoms with E-state index in [0.29, 0.717) is 41.6 Å². The van der Waals surface area contributed by atoms with E-state index in [9.17, 15) is 9.18 Å². The smallest absolute Gasteiger partial charge is 0.234 e. The van der Waals surface area contributed by atoms with Crippen molar-refractivity contribution in [2.24, 2.45) is 5.41 Å². The fourth-order valence-electron chi connectivity index (χ4n) is 3.03. The zero-order chi connectivity index (χ0) is 17.7. The van der Waals surface area contributed by atoms with Crippen LogP contribution in [-0.4, -0.2) is 42.9 Å². The number of piperidine rings is 1. The van der Waals surface area contributed by atoms with Gasteiger partial charge in [0.05, 0.1) is 12.0 Å². The van der Waals surface area contributed by atoms with Crippen molar-refractivity contribution in [2.75, 3.05) is 32.1 Å². The standard InChI is InChI=1S/C17H21FN4O2S.ClH/c1-24-11-17(6-8-19-9-7-17)15(23)20-16-22-21-14(25-16)10-12-4-2-3-5-13(12)18;/h2-5,19H,6-11H2,1H3,(H,20,22,23);1H. The number of rotatable bonds is 6. The van der Waals surface area contributed by atoms with Gasteiger partial charge < -0.3 is 10.1 Å². The molecule has 1 fully saturated rings. The monoisotopic (exact) mass is 400 g/mol. The lowest BCUT2D eigenvalue weighted by molar-refractivity contribution is -0.130. The fraction of sp³-hybridized carbons (Fsp3) is 0.471. The van der Waals surface area contributed by atoms with Crippen molar-refractivity contribution in [2.45, 2.75) is 19.3 Å². The Morgan fingerprint density at radius 3 is 2.77 bits per heavy atom. The molecule has 0 unspecified atom stereocenters. The highest BCUT2D eigenvalue weighted by molar-refractivity contribution is 7.15. The Kier molecular flexibility index (Phi) is 7.45. The van der Waals surface area contributed by atoms with Crippen LogP contribution < -0.4 is 10.6 Å². The molecule has 9 heteroatoms. The number of halogens is 2. The molecule has 0 aliphatic carbocycles. The van der Waals surface area contributed by atoms with Gasteiger partial charge in [0.25, 0.3) is 0 Å².